The highest BCUT2D eigenvalue weighted by Gasteiger charge is 2.26. The van der Waals surface area contributed by atoms with E-state index in [2.05, 4.69) is 60.7 Å². The molecule has 0 aromatic heterocycles. The van der Waals surface area contributed by atoms with Crippen LogP contribution < -0.4 is 0 Å². The lowest BCUT2D eigenvalue weighted by Crippen LogP contribution is -1.94. The Hall–Kier alpha value is -1.50. The smallest absolute Gasteiger partial charge is 0.0804 e. The molecule has 0 radical (unpaired) electrons. The average molecular weight is 327 g/mol. The molecule has 2 unspecified atom stereocenters. The summed E-state index contributed by atoms with van der Waals surface area (Å²) in [4.78, 5) is 0. The van der Waals surface area contributed by atoms with Gasteiger partial charge in [-0.05, 0) is 46.2 Å². The molecule has 0 heterocycles. The van der Waals surface area contributed by atoms with E-state index < -0.39 is 0 Å². The largest absolute Gasteiger partial charge is 0.113 e. The van der Waals surface area contributed by atoms with Crippen LogP contribution in [0.2, 0.25) is 0 Å². The summed E-state index contributed by atoms with van der Waals surface area (Å²) >= 11 is 13.2. The summed E-state index contributed by atoms with van der Waals surface area (Å²) in [6.07, 6.45) is 6.40. The van der Waals surface area contributed by atoms with Gasteiger partial charge in [-0.1, -0.05) is 60.7 Å². The number of halogens is 2. The van der Waals surface area contributed by atoms with Gasteiger partial charge < -0.3 is 0 Å². The third-order valence-electron chi connectivity index (χ3n) is 4.57. The first-order valence-corrected chi connectivity index (χ1v) is 8.48. The molecule has 2 atom stereocenters. The van der Waals surface area contributed by atoms with Gasteiger partial charge in [-0.25, -0.2) is 0 Å². The first kappa shape index (κ1) is 14.1. The number of benzene rings is 2. The van der Waals surface area contributed by atoms with Gasteiger partial charge in [0.05, 0.1) is 10.8 Å². The zero-order valence-electron chi connectivity index (χ0n) is 12.1. The zero-order chi connectivity index (χ0) is 15.1. The Kier molecular flexibility index (Phi) is 3.60. The molecule has 2 aliphatic carbocycles. The molecule has 110 valence electrons. The molecular formula is C20H16Cl2. The summed E-state index contributed by atoms with van der Waals surface area (Å²) in [6, 6.07) is 16.7. The number of hydrogen-bond donors (Lipinski definition) is 0. The van der Waals surface area contributed by atoms with E-state index in [-0.39, 0.29) is 10.8 Å². The predicted octanol–water partition coefficient (Wildman–Crippen LogP) is 6.52. The minimum absolute atomic E-state index is 0.00866. The van der Waals surface area contributed by atoms with Crippen molar-refractivity contribution in [3.05, 3.63) is 81.9 Å². The predicted molar refractivity (Wildman–Crippen MR) is 95.3 cm³/mol. The van der Waals surface area contributed by atoms with Gasteiger partial charge in [0, 0.05) is 0 Å². The lowest BCUT2D eigenvalue weighted by molar-refractivity contribution is 0.868. The Morgan fingerprint density at radius 1 is 0.636 bits per heavy atom. The molecule has 2 aromatic carbocycles. The van der Waals surface area contributed by atoms with Crippen molar-refractivity contribution in [1.82, 2.24) is 0 Å². The van der Waals surface area contributed by atoms with Crippen LogP contribution in [-0.2, 0) is 0 Å². The summed E-state index contributed by atoms with van der Waals surface area (Å²) in [5.41, 5.74) is 7.55. The molecule has 0 N–H and O–H groups in total. The summed E-state index contributed by atoms with van der Waals surface area (Å²) < 4.78 is 0. The number of allylic oxidation sites excluding steroid dienone is 2. The zero-order valence-corrected chi connectivity index (χ0v) is 13.6. The minimum atomic E-state index is 0.00866. The molecule has 4 rings (SSSR count). The van der Waals surface area contributed by atoms with E-state index >= 15 is 0 Å². The van der Waals surface area contributed by atoms with Crippen LogP contribution in [0.1, 0.15) is 45.8 Å². The van der Waals surface area contributed by atoms with Gasteiger partial charge >= 0.3 is 0 Å². The molecule has 0 bridgehead atoms. The molecule has 0 spiro atoms. The molecule has 22 heavy (non-hydrogen) atoms. The monoisotopic (exact) mass is 326 g/mol. The summed E-state index contributed by atoms with van der Waals surface area (Å²) in [7, 11) is 0. The van der Waals surface area contributed by atoms with E-state index in [1.54, 1.807) is 0 Å². The van der Waals surface area contributed by atoms with E-state index in [0.717, 1.165) is 12.8 Å². The summed E-state index contributed by atoms with van der Waals surface area (Å²) in [5.74, 6) is 0. The van der Waals surface area contributed by atoms with Crippen molar-refractivity contribution in [2.24, 2.45) is 0 Å². The fraction of sp³-hybridized carbons (Fsp3) is 0.200. The van der Waals surface area contributed by atoms with E-state index in [9.17, 15) is 0 Å². The molecule has 2 aliphatic rings. The molecule has 0 amide bonds. The number of rotatable bonds is 3. The van der Waals surface area contributed by atoms with Crippen molar-refractivity contribution >= 4 is 35.4 Å². The molecule has 2 heteroatoms. The van der Waals surface area contributed by atoms with Gasteiger partial charge in [0.25, 0.3) is 0 Å². The number of hydrogen-bond acceptors (Lipinski definition) is 0. The van der Waals surface area contributed by atoms with Crippen LogP contribution in [0.3, 0.4) is 0 Å². The SMILES string of the molecule is ClC1C(CCC2=Cc3ccccc3C2Cl)=Cc2ccccc21. The fourth-order valence-corrected chi connectivity index (χ4v) is 4.12. The summed E-state index contributed by atoms with van der Waals surface area (Å²) in [6.45, 7) is 0. The third kappa shape index (κ3) is 2.31. The van der Waals surface area contributed by atoms with E-state index in [0.29, 0.717) is 0 Å². The maximum absolute atomic E-state index is 6.60. The van der Waals surface area contributed by atoms with Gasteiger partial charge in [0.15, 0.2) is 0 Å². The number of alkyl halides is 2. The Bertz CT molecular complexity index is 718. The first-order chi connectivity index (χ1) is 10.7. The lowest BCUT2D eigenvalue weighted by atomic mass is 10.0. The van der Waals surface area contributed by atoms with Crippen molar-refractivity contribution in [2.75, 3.05) is 0 Å². The van der Waals surface area contributed by atoms with Crippen molar-refractivity contribution in [2.45, 2.75) is 23.6 Å². The maximum Gasteiger partial charge on any atom is 0.0804 e. The standard InChI is InChI=1S/C20H16Cl2/c21-19-15(11-13-5-1-3-7-17(13)19)9-10-16-12-14-6-2-4-8-18(14)20(16)22/h1-8,11-12,19-20H,9-10H2. The lowest BCUT2D eigenvalue weighted by Gasteiger charge is -2.12. The van der Waals surface area contributed by atoms with Crippen molar-refractivity contribution in [3.8, 4) is 0 Å². The highest BCUT2D eigenvalue weighted by Crippen LogP contribution is 2.45. The first-order valence-electron chi connectivity index (χ1n) is 7.61. The van der Waals surface area contributed by atoms with Crippen LogP contribution in [0.5, 0.6) is 0 Å². The Balaban J connectivity index is 1.50. The molecule has 0 saturated heterocycles. The Morgan fingerprint density at radius 2 is 1.05 bits per heavy atom. The van der Waals surface area contributed by atoms with Crippen LogP contribution in [0.15, 0.2) is 59.7 Å². The highest BCUT2D eigenvalue weighted by molar-refractivity contribution is 6.24. The second-order valence-electron chi connectivity index (χ2n) is 5.92. The van der Waals surface area contributed by atoms with Crippen molar-refractivity contribution < 1.29 is 0 Å². The average Bonchev–Trinajstić information content (AvgIpc) is 3.04. The van der Waals surface area contributed by atoms with Gasteiger partial charge in [-0.3, -0.25) is 0 Å². The molecule has 0 fully saturated rings. The van der Waals surface area contributed by atoms with Gasteiger partial charge in [-0.2, -0.15) is 0 Å². The van der Waals surface area contributed by atoms with Gasteiger partial charge in [-0.15, -0.1) is 23.2 Å². The number of fused-ring (bicyclic) bond motifs is 2. The van der Waals surface area contributed by atoms with Crippen molar-refractivity contribution in [1.29, 1.82) is 0 Å². The van der Waals surface area contributed by atoms with Crippen LogP contribution >= 0.6 is 23.2 Å². The van der Waals surface area contributed by atoms with E-state index in [1.165, 1.54) is 33.4 Å². The third-order valence-corrected chi connectivity index (χ3v) is 5.60. The maximum atomic E-state index is 6.60. The normalized spacial score (nSPS) is 22.1. The Labute approximate surface area is 141 Å². The highest BCUT2D eigenvalue weighted by atomic mass is 35.5. The van der Waals surface area contributed by atoms with E-state index in [1.807, 2.05) is 0 Å². The van der Waals surface area contributed by atoms with Crippen LogP contribution in [0, 0.1) is 0 Å². The topological polar surface area (TPSA) is 0 Å². The van der Waals surface area contributed by atoms with Gasteiger partial charge in [0.1, 0.15) is 0 Å². The van der Waals surface area contributed by atoms with Gasteiger partial charge in [0.2, 0.25) is 0 Å². The molecule has 2 aromatic rings. The minimum Gasteiger partial charge on any atom is -0.113 e. The second kappa shape index (κ2) is 5.61. The van der Waals surface area contributed by atoms with E-state index in [4.69, 9.17) is 23.2 Å². The van der Waals surface area contributed by atoms with Crippen molar-refractivity contribution in [3.63, 3.8) is 0 Å². The molecule has 0 aliphatic heterocycles. The van der Waals surface area contributed by atoms with Crippen LogP contribution in [0.4, 0.5) is 0 Å². The fourth-order valence-electron chi connectivity index (χ4n) is 3.38. The molecule has 0 saturated carbocycles. The quantitative estimate of drug-likeness (QED) is 0.563. The Morgan fingerprint density at radius 3 is 1.45 bits per heavy atom. The summed E-state index contributed by atoms with van der Waals surface area (Å²) in [5, 5.41) is 0.0173. The second-order valence-corrected chi connectivity index (χ2v) is 6.79. The van der Waals surface area contributed by atoms with Crippen LogP contribution in [0.25, 0.3) is 12.2 Å². The molecular weight excluding hydrogens is 311 g/mol. The molecule has 0 nitrogen and oxygen atoms in total. The van der Waals surface area contributed by atoms with Crippen LogP contribution in [-0.4, -0.2) is 0 Å².